The van der Waals surface area contributed by atoms with Gasteiger partial charge in [-0.05, 0) is 24.6 Å². The Morgan fingerprint density at radius 1 is 1.43 bits per heavy atom. The Kier molecular flexibility index (Phi) is 4.85. The van der Waals surface area contributed by atoms with Gasteiger partial charge in [-0.1, -0.05) is 6.07 Å². The van der Waals surface area contributed by atoms with Crippen LogP contribution in [0, 0.1) is 5.82 Å². The van der Waals surface area contributed by atoms with Gasteiger partial charge in [0.25, 0.3) is 0 Å². The van der Waals surface area contributed by atoms with Gasteiger partial charge in [-0.25, -0.2) is 4.39 Å². The zero-order valence-corrected chi connectivity index (χ0v) is 11.7. The molecular weight excluding hydrogens is 288 g/mol. The summed E-state index contributed by atoms with van der Waals surface area (Å²) < 4.78 is 56.8. The molecule has 21 heavy (non-hydrogen) atoms. The molecule has 7 heteroatoms. The molecule has 0 amide bonds. The maximum atomic E-state index is 13.2. The van der Waals surface area contributed by atoms with Crippen molar-refractivity contribution < 1.29 is 22.3 Å². The summed E-state index contributed by atoms with van der Waals surface area (Å²) >= 11 is 0. The number of hydrogen-bond donors (Lipinski definition) is 1. The van der Waals surface area contributed by atoms with E-state index in [1.807, 2.05) is 11.8 Å². The molecule has 1 fully saturated rings. The van der Waals surface area contributed by atoms with Crippen LogP contribution < -0.4 is 5.73 Å². The molecule has 2 atom stereocenters. The SMILES string of the molecule is CC(N)C1CN(Cc2ccc(F)c(C(F)(F)F)c2)CCO1. The van der Waals surface area contributed by atoms with Gasteiger partial charge in [-0.3, -0.25) is 4.90 Å². The number of nitrogens with zero attached hydrogens (tertiary/aromatic N) is 1. The van der Waals surface area contributed by atoms with Crippen LogP contribution in [0.25, 0.3) is 0 Å². The van der Waals surface area contributed by atoms with Gasteiger partial charge < -0.3 is 10.5 Å². The first-order valence-corrected chi connectivity index (χ1v) is 6.72. The van der Waals surface area contributed by atoms with Crippen molar-refractivity contribution >= 4 is 0 Å². The van der Waals surface area contributed by atoms with E-state index in [1.54, 1.807) is 0 Å². The highest BCUT2D eigenvalue weighted by Crippen LogP contribution is 2.32. The number of morpholine rings is 1. The van der Waals surface area contributed by atoms with Gasteiger partial charge >= 0.3 is 6.18 Å². The quantitative estimate of drug-likeness (QED) is 0.872. The van der Waals surface area contributed by atoms with Crippen LogP contribution in [0.1, 0.15) is 18.1 Å². The lowest BCUT2D eigenvalue weighted by Crippen LogP contribution is -2.49. The lowest BCUT2D eigenvalue weighted by Gasteiger charge is -2.34. The number of alkyl halides is 3. The van der Waals surface area contributed by atoms with Gasteiger partial charge in [-0.2, -0.15) is 13.2 Å². The predicted molar refractivity (Wildman–Crippen MR) is 70.1 cm³/mol. The maximum absolute atomic E-state index is 13.2. The monoisotopic (exact) mass is 306 g/mol. The van der Waals surface area contributed by atoms with E-state index in [-0.39, 0.29) is 12.1 Å². The summed E-state index contributed by atoms with van der Waals surface area (Å²) in [5.74, 6) is -1.25. The highest BCUT2D eigenvalue weighted by molar-refractivity contribution is 5.27. The number of halogens is 4. The largest absolute Gasteiger partial charge is 0.419 e. The fraction of sp³-hybridized carbons (Fsp3) is 0.571. The summed E-state index contributed by atoms with van der Waals surface area (Å²) in [5.41, 5.74) is 4.97. The average molecular weight is 306 g/mol. The number of hydrogen-bond acceptors (Lipinski definition) is 3. The minimum Gasteiger partial charge on any atom is -0.374 e. The minimum atomic E-state index is -4.68. The van der Waals surface area contributed by atoms with Crippen molar-refractivity contribution in [1.82, 2.24) is 4.90 Å². The van der Waals surface area contributed by atoms with Crippen LogP contribution in [-0.2, 0) is 17.5 Å². The van der Waals surface area contributed by atoms with Crippen molar-refractivity contribution in [3.8, 4) is 0 Å². The van der Waals surface area contributed by atoms with Crippen molar-refractivity contribution in [3.63, 3.8) is 0 Å². The van der Waals surface area contributed by atoms with Gasteiger partial charge in [0.15, 0.2) is 0 Å². The smallest absolute Gasteiger partial charge is 0.374 e. The number of benzene rings is 1. The highest BCUT2D eigenvalue weighted by Gasteiger charge is 2.34. The lowest BCUT2D eigenvalue weighted by molar-refractivity contribution is -0.140. The third-order valence-electron chi connectivity index (χ3n) is 3.51. The van der Waals surface area contributed by atoms with Gasteiger partial charge in [0.05, 0.1) is 18.3 Å². The lowest BCUT2D eigenvalue weighted by atomic mass is 10.1. The summed E-state index contributed by atoms with van der Waals surface area (Å²) in [5, 5.41) is 0. The Bertz CT molecular complexity index is 490. The average Bonchev–Trinajstić information content (AvgIpc) is 2.40. The molecular formula is C14H18F4N2O. The molecule has 0 spiro atoms. The summed E-state index contributed by atoms with van der Waals surface area (Å²) in [6.07, 6.45) is -4.82. The molecule has 1 aliphatic rings. The summed E-state index contributed by atoms with van der Waals surface area (Å²) in [7, 11) is 0. The molecule has 3 nitrogen and oxygen atoms in total. The first kappa shape index (κ1) is 16.2. The molecule has 0 aliphatic carbocycles. The molecule has 118 valence electrons. The van der Waals surface area contributed by atoms with Crippen LogP contribution in [0.4, 0.5) is 17.6 Å². The zero-order valence-electron chi connectivity index (χ0n) is 11.7. The van der Waals surface area contributed by atoms with E-state index >= 15 is 0 Å². The van der Waals surface area contributed by atoms with Crippen molar-refractivity contribution in [2.75, 3.05) is 19.7 Å². The van der Waals surface area contributed by atoms with Crippen LogP contribution >= 0.6 is 0 Å². The minimum absolute atomic E-state index is 0.138. The van der Waals surface area contributed by atoms with E-state index in [2.05, 4.69) is 0 Å². The maximum Gasteiger partial charge on any atom is 0.419 e. The van der Waals surface area contributed by atoms with E-state index in [4.69, 9.17) is 10.5 Å². The fourth-order valence-corrected chi connectivity index (χ4v) is 2.34. The van der Waals surface area contributed by atoms with Gasteiger partial charge in [-0.15, -0.1) is 0 Å². The molecule has 1 aromatic carbocycles. The molecule has 1 aliphatic heterocycles. The van der Waals surface area contributed by atoms with Crippen LogP contribution in [-0.4, -0.2) is 36.7 Å². The molecule has 1 saturated heterocycles. The topological polar surface area (TPSA) is 38.5 Å². The van der Waals surface area contributed by atoms with E-state index < -0.39 is 17.6 Å². The van der Waals surface area contributed by atoms with E-state index in [0.29, 0.717) is 31.8 Å². The molecule has 1 aromatic rings. The van der Waals surface area contributed by atoms with Crippen molar-refractivity contribution in [2.45, 2.75) is 31.8 Å². The van der Waals surface area contributed by atoms with Crippen molar-refractivity contribution in [2.24, 2.45) is 5.73 Å². The Balaban J connectivity index is 2.09. The third-order valence-corrected chi connectivity index (χ3v) is 3.51. The molecule has 0 saturated carbocycles. The summed E-state index contributed by atoms with van der Waals surface area (Å²) in [6, 6.07) is 2.96. The van der Waals surface area contributed by atoms with Crippen LogP contribution in [0.3, 0.4) is 0 Å². The van der Waals surface area contributed by atoms with E-state index in [9.17, 15) is 17.6 Å². The molecule has 1 heterocycles. The molecule has 2 rings (SSSR count). The standard InChI is InChI=1S/C14H18F4N2O/c1-9(19)13-8-20(4-5-21-13)7-10-2-3-12(15)11(6-10)14(16,17)18/h2-3,6,9,13H,4-5,7-8,19H2,1H3. The Morgan fingerprint density at radius 3 is 2.76 bits per heavy atom. The first-order valence-electron chi connectivity index (χ1n) is 6.72. The number of ether oxygens (including phenoxy) is 1. The first-order chi connectivity index (χ1) is 9.77. The predicted octanol–water partition coefficient (Wildman–Crippen LogP) is 2.39. The second-order valence-corrected chi connectivity index (χ2v) is 5.32. The van der Waals surface area contributed by atoms with Crippen molar-refractivity contribution in [1.29, 1.82) is 0 Å². The van der Waals surface area contributed by atoms with E-state index in [1.165, 1.54) is 6.07 Å². The molecule has 0 aromatic heterocycles. The van der Waals surface area contributed by atoms with Gasteiger partial charge in [0.2, 0.25) is 0 Å². The fourth-order valence-electron chi connectivity index (χ4n) is 2.34. The zero-order chi connectivity index (χ0) is 15.6. The molecule has 0 bridgehead atoms. The Morgan fingerprint density at radius 2 is 2.14 bits per heavy atom. The van der Waals surface area contributed by atoms with Crippen LogP contribution in [0.15, 0.2) is 18.2 Å². The second kappa shape index (κ2) is 6.29. The number of rotatable bonds is 3. The van der Waals surface area contributed by atoms with Crippen molar-refractivity contribution in [3.05, 3.63) is 35.1 Å². The Labute approximate surface area is 120 Å². The van der Waals surface area contributed by atoms with Crippen LogP contribution in [0.5, 0.6) is 0 Å². The normalized spacial score (nSPS) is 22.3. The second-order valence-electron chi connectivity index (χ2n) is 5.32. The molecule has 2 unspecified atom stereocenters. The van der Waals surface area contributed by atoms with Gasteiger partial charge in [0.1, 0.15) is 5.82 Å². The highest BCUT2D eigenvalue weighted by atomic mass is 19.4. The molecule has 2 N–H and O–H groups in total. The van der Waals surface area contributed by atoms with Gasteiger partial charge in [0, 0.05) is 25.7 Å². The summed E-state index contributed by atoms with van der Waals surface area (Å²) in [4.78, 5) is 1.96. The molecule has 0 radical (unpaired) electrons. The third kappa shape index (κ3) is 4.15. The van der Waals surface area contributed by atoms with Crippen LogP contribution in [0.2, 0.25) is 0 Å². The van der Waals surface area contributed by atoms with E-state index in [0.717, 1.165) is 12.1 Å². The number of nitrogens with two attached hydrogens (primary N) is 1. The Hall–Kier alpha value is -1.18. The summed E-state index contributed by atoms with van der Waals surface area (Å²) in [6.45, 7) is 3.79.